The van der Waals surface area contributed by atoms with E-state index in [4.69, 9.17) is 4.74 Å². The van der Waals surface area contributed by atoms with Gasteiger partial charge >= 0.3 is 5.97 Å². The Balaban J connectivity index is 2.88. The van der Waals surface area contributed by atoms with Gasteiger partial charge in [-0.05, 0) is 29.7 Å². The van der Waals surface area contributed by atoms with Crippen molar-refractivity contribution in [3.63, 3.8) is 0 Å². The Labute approximate surface area is 106 Å². The van der Waals surface area contributed by atoms with E-state index in [1.807, 2.05) is 32.0 Å². The van der Waals surface area contributed by atoms with Gasteiger partial charge in [0.15, 0.2) is 0 Å². The van der Waals surface area contributed by atoms with Crippen LogP contribution in [0.2, 0.25) is 0 Å². The van der Waals surface area contributed by atoms with Crippen LogP contribution in [0.15, 0.2) is 18.2 Å². The van der Waals surface area contributed by atoms with Gasteiger partial charge in [0.1, 0.15) is 11.4 Å². The summed E-state index contributed by atoms with van der Waals surface area (Å²) >= 11 is 0. The van der Waals surface area contributed by atoms with Gasteiger partial charge in [0.2, 0.25) is 0 Å². The van der Waals surface area contributed by atoms with Crippen LogP contribution in [0.1, 0.15) is 35.8 Å². The third-order valence-corrected chi connectivity index (χ3v) is 3.23. The number of aromatic carboxylic acids is 1. The lowest BCUT2D eigenvalue weighted by molar-refractivity contribution is 0.0685. The summed E-state index contributed by atoms with van der Waals surface area (Å²) in [7, 11) is 3.39. The van der Waals surface area contributed by atoms with Crippen molar-refractivity contribution < 1.29 is 14.6 Å². The number of rotatable bonds is 3. The molecule has 0 aliphatic rings. The van der Waals surface area contributed by atoms with Gasteiger partial charge in [-0.15, -0.1) is 0 Å². The first-order valence-corrected chi connectivity index (χ1v) is 5.87. The maximum atomic E-state index is 11.4. The zero-order valence-corrected chi connectivity index (χ0v) is 11.0. The molecule has 0 fully saturated rings. The predicted octanol–water partition coefficient (Wildman–Crippen LogP) is 3.01. The van der Waals surface area contributed by atoms with Crippen LogP contribution in [0.5, 0.6) is 5.75 Å². The summed E-state index contributed by atoms with van der Waals surface area (Å²) in [5.41, 5.74) is 2.13. The van der Waals surface area contributed by atoms with E-state index in [-0.39, 0.29) is 5.92 Å². The van der Waals surface area contributed by atoms with Crippen LogP contribution < -0.4 is 4.74 Å². The molecule has 0 amide bonds. The van der Waals surface area contributed by atoms with E-state index in [9.17, 15) is 9.90 Å². The summed E-state index contributed by atoms with van der Waals surface area (Å²) in [6.45, 7) is 4.00. The number of methoxy groups -OCH3 is 1. The Kier molecular flexibility index (Phi) is 3.03. The smallest absolute Gasteiger partial charge is 0.352 e. The number of benzene rings is 1. The molecule has 1 N–H and O–H groups in total. The Bertz CT molecular complexity index is 611. The van der Waals surface area contributed by atoms with Crippen molar-refractivity contribution in [2.24, 2.45) is 7.05 Å². The standard InChI is InChI=1S/C14H17NO3/c1-8(2)12-10-7-9(18-4)5-6-11(10)15(3)13(12)14(16)17/h5-8H,1-4H3,(H,16,17). The van der Waals surface area contributed by atoms with E-state index in [1.54, 1.807) is 18.7 Å². The lowest BCUT2D eigenvalue weighted by Gasteiger charge is -2.06. The quantitative estimate of drug-likeness (QED) is 0.907. The van der Waals surface area contributed by atoms with Gasteiger partial charge in [0.05, 0.1) is 7.11 Å². The lowest BCUT2D eigenvalue weighted by Crippen LogP contribution is -2.08. The van der Waals surface area contributed by atoms with Crippen molar-refractivity contribution in [1.82, 2.24) is 4.57 Å². The SMILES string of the molecule is COc1ccc2c(c1)c(C(C)C)c(C(=O)O)n2C. The summed E-state index contributed by atoms with van der Waals surface area (Å²) in [4.78, 5) is 11.4. The predicted molar refractivity (Wildman–Crippen MR) is 70.5 cm³/mol. The highest BCUT2D eigenvalue weighted by Crippen LogP contribution is 2.33. The van der Waals surface area contributed by atoms with Crippen LogP contribution in [0.4, 0.5) is 0 Å². The molecule has 2 aromatic rings. The van der Waals surface area contributed by atoms with E-state index >= 15 is 0 Å². The molecular formula is C14H17NO3. The molecule has 0 saturated carbocycles. The van der Waals surface area contributed by atoms with Crippen molar-refractivity contribution in [2.45, 2.75) is 19.8 Å². The zero-order valence-electron chi connectivity index (χ0n) is 11.0. The van der Waals surface area contributed by atoms with Crippen LogP contribution in [-0.4, -0.2) is 22.8 Å². The number of aryl methyl sites for hydroxylation is 1. The molecule has 0 unspecified atom stereocenters. The maximum absolute atomic E-state index is 11.4. The number of nitrogens with zero attached hydrogens (tertiary/aromatic N) is 1. The van der Waals surface area contributed by atoms with Gasteiger partial charge in [-0.2, -0.15) is 0 Å². The second-order valence-corrected chi connectivity index (χ2v) is 4.66. The second kappa shape index (κ2) is 4.37. The molecule has 4 heteroatoms. The van der Waals surface area contributed by atoms with Gasteiger partial charge in [-0.3, -0.25) is 0 Å². The molecule has 1 aromatic carbocycles. The average Bonchev–Trinajstić information content (AvgIpc) is 2.62. The average molecular weight is 247 g/mol. The molecule has 0 bridgehead atoms. The number of aromatic nitrogens is 1. The monoisotopic (exact) mass is 247 g/mol. The number of hydrogen-bond acceptors (Lipinski definition) is 2. The molecule has 0 spiro atoms. The lowest BCUT2D eigenvalue weighted by atomic mass is 9.99. The number of carboxylic acid groups (broad SMARTS) is 1. The fourth-order valence-electron chi connectivity index (χ4n) is 2.42. The van der Waals surface area contributed by atoms with Gasteiger partial charge in [0, 0.05) is 18.0 Å². The minimum absolute atomic E-state index is 0.145. The summed E-state index contributed by atoms with van der Waals surface area (Å²) in [5, 5.41) is 10.3. The van der Waals surface area contributed by atoms with Gasteiger partial charge < -0.3 is 14.4 Å². The van der Waals surface area contributed by atoms with E-state index in [2.05, 4.69) is 0 Å². The summed E-state index contributed by atoms with van der Waals surface area (Å²) in [6.07, 6.45) is 0. The number of ether oxygens (including phenoxy) is 1. The summed E-state index contributed by atoms with van der Waals surface area (Å²) in [5.74, 6) is -0.00443. The highest BCUT2D eigenvalue weighted by atomic mass is 16.5. The fraction of sp³-hybridized carbons (Fsp3) is 0.357. The van der Waals surface area contributed by atoms with E-state index in [0.717, 1.165) is 22.2 Å². The molecule has 0 radical (unpaired) electrons. The second-order valence-electron chi connectivity index (χ2n) is 4.66. The third-order valence-electron chi connectivity index (χ3n) is 3.23. The van der Waals surface area contributed by atoms with Crippen LogP contribution in [0.25, 0.3) is 10.9 Å². The first-order chi connectivity index (χ1) is 8.47. The van der Waals surface area contributed by atoms with Crippen molar-refractivity contribution in [3.05, 3.63) is 29.5 Å². The van der Waals surface area contributed by atoms with E-state index < -0.39 is 5.97 Å². The van der Waals surface area contributed by atoms with Crippen molar-refractivity contribution in [1.29, 1.82) is 0 Å². The first kappa shape index (κ1) is 12.5. The molecular weight excluding hydrogens is 230 g/mol. The van der Waals surface area contributed by atoms with E-state index in [0.29, 0.717) is 5.69 Å². The molecule has 18 heavy (non-hydrogen) atoms. The van der Waals surface area contributed by atoms with Crippen molar-refractivity contribution in [3.8, 4) is 5.75 Å². The number of hydrogen-bond donors (Lipinski definition) is 1. The van der Waals surface area contributed by atoms with Crippen LogP contribution in [-0.2, 0) is 7.05 Å². The first-order valence-electron chi connectivity index (χ1n) is 5.87. The van der Waals surface area contributed by atoms with Crippen molar-refractivity contribution in [2.75, 3.05) is 7.11 Å². The molecule has 1 heterocycles. The van der Waals surface area contributed by atoms with Crippen LogP contribution in [0, 0.1) is 0 Å². The Hall–Kier alpha value is -1.97. The Morgan fingerprint density at radius 1 is 1.39 bits per heavy atom. The number of carboxylic acids is 1. The fourth-order valence-corrected chi connectivity index (χ4v) is 2.42. The number of carbonyl (C=O) groups is 1. The normalized spacial score (nSPS) is 11.2. The third kappa shape index (κ3) is 1.74. The topological polar surface area (TPSA) is 51.5 Å². The highest BCUT2D eigenvalue weighted by Gasteiger charge is 2.22. The van der Waals surface area contributed by atoms with Gasteiger partial charge in [-0.25, -0.2) is 4.79 Å². The zero-order chi connectivity index (χ0) is 13.4. The molecule has 0 aliphatic carbocycles. The largest absolute Gasteiger partial charge is 0.497 e. The maximum Gasteiger partial charge on any atom is 0.352 e. The Morgan fingerprint density at radius 3 is 2.56 bits per heavy atom. The molecule has 0 saturated heterocycles. The van der Waals surface area contributed by atoms with E-state index in [1.165, 1.54) is 0 Å². The molecule has 0 atom stereocenters. The molecule has 2 rings (SSSR count). The highest BCUT2D eigenvalue weighted by molar-refractivity contribution is 5.99. The number of fused-ring (bicyclic) bond motifs is 1. The van der Waals surface area contributed by atoms with Crippen LogP contribution >= 0.6 is 0 Å². The molecule has 4 nitrogen and oxygen atoms in total. The van der Waals surface area contributed by atoms with Gasteiger partial charge in [0.25, 0.3) is 0 Å². The molecule has 1 aromatic heterocycles. The summed E-state index contributed by atoms with van der Waals surface area (Å²) < 4.78 is 6.94. The van der Waals surface area contributed by atoms with Crippen LogP contribution in [0.3, 0.4) is 0 Å². The minimum Gasteiger partial charge on any atom is -0.497 e. The van der Waals surface area contributed by atoms with Gasteiger partial charge in [-0.1, -0.05) is 13.8 Å². The molecule has 96 valence electrons. The molecule has 0 aliphatic heterocycles. The van der Waals surface area contributed by atoms with Crippen molar-refractivity contribution >= 4 is 16.9 Å². The summed E-state index contributed by atoms with van der Waals surface area (Å²) in [6, 6.07) is 5.64. The Morgan fingerprint density at radius 2 is 2.06 bits per heavy atom. The minimum atomic E-state index is -0.892.